The van der Waals surface area contributed by atoms with Crippen molar-refractivity contribution in [3.8, 4) is 0 Å². The molecular formula is C15H22N2O2. The van der Waals surface area contributed by atoms with Crippen LogP contribution in [-0.4, -0.2) is 11.0 Å². The molecule has 19 heavy (non-hydrogen) atoms. The molecule has 0 aromatic heterocycles. The summed E-state index contributed by atoms with van der Waals surface area (Å²) >= 11 is 0. The molecule has 1 aliphatic carbocycles. The highest BCUT2D eigenvalue weighted by Crippen LogP contribution is 2.30. The lowest BCUT2D eigenvalue weighted by Crippen LogP contribution is -2.34. The van der Waals surface area contributed by atoms with Crippen LogP contribution in [-0.2, 0) is 0 Å². The lowest BCUT2D eigenvalue weighted by molar-refractivity contribution is -0.384. The van der Waals surface area contributed by atoms with E-state index in [9.17, 15) is 10.1 Å². The van der Waals surface area contributed by atoms with Crippen molar-refractivity contribution in [1.82, 2.24) is 5.32 Å². The molecule has 1 N–H and O–H groups in total. The summed E-state index contributed by atoms with van der Waals surface area (Å²) in [6, 6.07) is 7.66. The fraction of sp³-hybridized carbons (Fsp3) is 0.600. The van der Waals surface area contributed by atoms with Gasteiger partial charge in [0.25, 0.3) is 5.69 Å². The highest BCUT2D eigenvalue weighted by molar-refractivity contribution is 5.35. The first-order chi connectivity index (χ1) is 9.11. The largest absolute Gasteiger partial charge is 0.307 e. The molecule has 4 nitrogen and oxygen atoms in total. The minimum Gasteiger partial charge on any atom is -0.307 e. The Morgan fingerprint density at radius 1 is 1.47 bits per heavy atom. The van der Waals surface area contributed by atoms with Crippen molar-refractivity contribution in [2.75, 3.05) is 0 Å². The molecule has 1 aromatic rings. The molecule has 104 valence electrons. The van der Waals surface area contributed by atoms with Gasteiger partial charge in [-0.25, -0.2) is 0 Å². The van der Waals surface area contributed by atoms with Crippen molar-refractivity contribution in [3.05, 3.63) is 39.9 Å². The predicted molar refractivity (Wildman–Crippen MR) is 76.1 cm³/mol. The van der Waals surface area contributed by atoms with Crippen LogP contribution >= 0.6 is 0 Å². The minimum atomic E-state index is -0.333. The van der Waals surface area contributed by atoms with E-state index in [4.69, 9.17) is 0 Å². The highest BCUT2D eigenvalue weighted by atomic mass is 16.6. The lowest BCUT2D eigenvalue weighted by Gasteiger charge is -2.24. The van der Waals surface area contributed by atoms with Crippen LogP contribution in [0.15, 0.2) is 24.3 Å². The van der Waals surface area contributed by atoms with Crippen molar-refractivity contribution in [1.29, 1.82) is 0 Å². The van der Waals surface area contributed by atoms with E-state index >= 15 is 0 Å². The van der Waals surface area contributed by atoms with E-state index in [0.717, 1.165) is 11.5 Å². The molecular weight excluding hydrogens is 240 g/mol. The average molecular weight is 262 g/mol. The van der Waals surface area contributed by atoms with Crippen LogP contribution in [0.25, 0.3) is 0 Å². The van der Waals surface area contributed by atoms with Gasteiger partial charge in [-0.3, -0.25) is 10.1 Å². The van der Waals surface area contributed by atoms with Gasteiger partial charge in [0.2, 0.25) is 0 Å². The first-order valence-electron chi connectivity index (χ1n) is 7.12. The third-order valence-corrected chi connectivity index (χ3v) is 4.23. The number of nitro benzene ring substituents is 1. The van der Waals surface area contributed by atoms with Crippen molar-refractivity contribution in [2.45, 2.75) is 51.6 Å². The number of nitrogens with one attached hydrogen (secondary N) is 1. The Kier molecular flexibility index (Phi) is 4.53. The number of hydrogen-bond donors (Lipinski definition) is 1. The number of nitro groups is 1. The number of rotatable bonds is 5. The van der Waals surface area contributed by atoms with Gasteiger partial charge < -0.3 is 5.32 Å². The third-order valence-electron chi connectivity index (χ3n) is 4.23. The Bertz CT molecular complexity index is 448. The zero-order valence-corrected chi connectivity index (χ0v) is 11.6. The Hall–Kier alpha value is -1.42. The average Bonchev–Trinajstić information content (AvgIpc) is 2.86. The van der Waals surface area contributed by atoms with Crippen LogP contribution in [0.4, 0.5) is 5.69 Å². The van der Waals surface area contributed by atoms with Gasteiger partial charge in [0.1, 0.15) is 0 Å². The van der Waals surface area contributed by atoms with Crippen molar-refractivity contribution in [3.63, 3.8) is 0 Å². The van der Waals surface area contributed by atoms with Gasteiger partial charge >= 0.3 is 0 Å². The summed E-state index contributed by atoms with van der Waals surface area (Å²) in [7, 11) is 0. The summed E-state index contributed by atoms with van der Waals surface area (Å²) in [6.07, 6.45) is 5.02. The van der Waals surface area contributed by atoms with Crippen LogP contribution in [0.5, 0.6) is 0 Å². The molecule has 0 spiro atoms. The van der Waals surface area contributed by atoms with Crippen LogP contribution in [0.2, 0.25) is 0 Å². The lowest BCUT2D eigenvalue weighted by atomic mass is 9.98. The summed E-state index contributed by atoms with van der Waals surface area (Å²) in [5.74, 6) is 0.751. The van der Waals surface area contributed by atoms with Crippen LogP contribution in [0.1, 0.15) is 51.1 Å². The summed E-state index contributed by atoms with van der Waals surface area (Å²) < 4.78 is 0. The standard InChI is InChI=1S/C15H22N2O2/c1-3-12-6-5-9-15(12)16-11(2)13-7-4-8-14(10-13)17(18)19/h4,7-8,10-12,15-16H,3,5-6,9H2,1-2H3. The molecule has 3 atom stereocenters. The van der Waals surface area contributed by atoms with Crippen LogP contribution in [0.3, 0.4) is 0 Å². The molecule has 1 aliphatic rings. The molecule has 1 fully saturated rings. The Morgan fingerprint density at radius 2 is 2.26 bits per heavy atom. The van der Waals surface area contributed by atoms with Gasteiger partial charge in [0.05, 0.1) is 4.92 Å². The number of nitrogens with zero attached hydrogens (tertiary/aromatic N) is 1. The summed E-state index contributed by atoms with van der Waals surface area (Å²) in [6.45, 7) is 4.33. The normalized spacial score (nSPS) is 24.3. The van der Waals surface area contributed by atoms with Crippen molar-refractivity contribution >= 4 is 5.69 Å². The van der Waals surface area contributed by atoms with E-state index in [1.165, 1.54) is 25.7 Å². The molecule has 0 aliphatic heterocycles. The molecule has 0 saturated heterocycles. The Morgan fingerprint density at radius 3 is 2.95 bits per heavy atom. The molecule has 1 saturated carbocycles. The number of non-ortho nitro benzene ring substituents is 1. The molecule has 0 radical (unpaired) electrons. The van der Waals surface area contributed by atoms with Gasteiger partial charge in [-0.15, -0.1) is 0 Å². The SMILES string of the molecule is CCC1CCCC1NC(C)c1cccc([N+](=O)[O-])c1. The summed E-state index contributed by atoms with van der Waals surface area (Å²) in [5.41, 5.74) is 1.17. The number of hydrogen-bond acceptors (Lipinski definition) is 3. The fourth-order valence-corrected chi connectivity index (χ4v) is 3.07. The topological polar surface area (TPSA) is 55.2 Å². The quantitative estimate of drug-likeness (QED) is 0.648. The van der Waals surface area contributed by atoms with E-state index in [-0.39, 0.29) is 16.7 Å². The third kappa shape index (κ3) is 3.32. The summed E-state index contributed by atoms with van der Waals surface area (Å²) in [5, 5.41) is 14.4. The first kappa shape index (κ1) is 14.0. The maximum Gasteiger partial charge on any atom is 0.269 e. The molecule has 0 amide bonds. The second-order valence-corrected chi connectivity index (χ2v) is 5.45. The maximum absolute atomic E-state index is 10.8. The van der Waals surface area contributed by atoms with Gasteiger partial charge in [-0.05, 0) is 31.2 Å². The number of benzene rings is 1. The fourth-order valence-electron chi connectivity index (χ4n) is 3.07. The highest BCUT2D eigenvalue weighted by Gasteiger charge is 2.27. The van der Waals surface area contributed by atoms with Gasteiger partial charge in [0.15, 0.2) is 0 Å². The Balaban J connectivity index is 2.05. The molecule has 0 bridgehead atoms. The zero-order valence-electron chi connectivity index (χ0n) is 11.6. The molecule has 3 unspecified atom stereocenters. The van der Waals surface area contributed by atoms with E-state index in [0.29, 0.717) is 6.04 Å². The minimum absolute atomic E-state index is 0.164. The van der Waals surface area contributed by atoms with E-state index < -0.39 is 0 Å². The second kappa shape index (κ2) is 6.15. The van der Waals surface area contributed by atoms with E-state index in [2.05, 4.69) is 19.2 Å². The predicted octanol–water partition coefficient (Wildman–Crippen LogP) is 3.82. The van der Waals surface area contributed by atoms with Crippen LogP contribution < -0.4 is 5.32 Å². The smallest absolute Gasteiger partial charge is 0.269 e. The monoisotopic (exact) mass is 262 g/mol. The van der Waals surface area contributed by atoms with Gasteiger partial charge in [0, 0.05) is 24.2 Å². The van der Waals surface area contributed by atoms with Crippen molar-refractivity contribution in [2.24, 2.45) is 5.92 Å². The maximum atomic E-state index is 10.8. The van der Waals surface area contributed by atoms with Crippen LogP contribution in [0, 0.1) is 16.0 Å². The molecule has 4 heteroatoms. The zero-order chi connectivity index (χ0) is 13.8. The molecule has 1 aromatic carbocycles. The summed E-state index contributed by atoms with van der Waals surface area (Å²) in [4.78, 5) is 10.5. The Labute approximate surface area is 114 Å². The van der Waals surface area contributed by atoms with E-state index in [1.807, 2.05) is 6.07 Å². The van der Waals surface area contributed by atoms with Gasteiger partial charge in [-0.2, -0.15) is 0 Å². The molecule has 0 heterocycles. The van der Waals surface area contributed by atoms with E-state index in [1.54, 1.807) is 18.2 Å². The first-order valence-corrected chi connectivity index (χ1v) is 7.12. The van der Waals surface area contributed by atoms with Crippen molar-refractivity contribution < 1.29 is 4.92 Å². The van der Waals surface area contributed by atoms with Gasteiger partial charge in [-0.1, -0.05) is 31.9 Å². The molecule has 2 rings (SSSR count). The second-order valence-electron chi connectivity index (χ2n) is 5.45.